The molecule has 0 spiro atoms. The smallest absolute Gasteiger partial charge is 0.237 e. The van der Waals surface area contributed by atoms with Gasteiger partial charge in [0.1, 0.15) is 0 Å². The minimum Gasteiger partial charge on any atom is -0.396 e. The third-order valence-corrected chi connectivity index (χ3v) is 5.03. The van der Waals surface area contributed by atoms with Crippen LogP contribution >= 0.6 is 0 Å². The highest BCUT2D eigenvalue weighted by Gasteiger charge is 2.39. The lowest BCUT2D eigenvalue weighted by atomic mass is 9.77. The van der Waals surface area contributed by atoms with E-state index in [0.717, 1.165) is 32.2 Å². The van der Waals surface area contributed by atoms with Crippen molar-refractivity contribution in [2.75, 3.05) is 19.7 Å². The first kappa shape index (κ1) is 14.8. The zero-order valence-corrected chi connectivity index (χ0v) is 12.3. The molecule has 0 aromatic carbocycles. The Balaban J connectivity index is 1.90. The van der Waals surface area contributed by atoms with E-state index in [1.54, 1.807) is 0 Å². The number of rotatable bonds is 4. The molecule has 1 heterocycles. The van der Waals surface area contributed by atoms with Gasteiger partial charge in [-0.2, -0.15) is 0 Å². The van der Waals surface area contributed by atoms with E-state index in [1.165, 1.54) is 12.8 Å². The van der Waals surface area contributed by atoms with Gasteiger partial charge in [-0.15, -0.1) is 0 Å². The average molecular weight is 268 g/mol. The first-order valence-electron chi connectivity index (χ1n) is 7.61. The molecule has 1 aliphatic carbocycles. The maximum atomic E-state index is 12.4. The zero-order valence-electron chi connectivity index (χ0n) is 12.3. The summed E-state index contributed by atoms with van der Waals surface area (Å²) < 4.78 is 0. The second-order valence-corrected chi connectivity index (χ2v) is 7.06. The molecule has 1 aliphatic heterocycles. The second-order valence-electron chi connectivity index (χ2n) is 7.06. The minimum absolute atomic E-state index is 0.0182. The molecule has 110 valence electrons. The zero-order chi connectivity index (χ0) is 13.9. The molecule has 0 bridgehead atoms. The molecule has 0 aromatic heterocycles. The van der Waals surface area contributed by atoms with E-state index in [2.05, 4.69) is 24.5 Å². The Hall–Kier alpha value is -0.610. The number of nitrogens with one attached hydrogen (secondary N) is 2. The molecule has 4 nitrogen and oxygen atoms in total. The van der Waals surface area contributed by atoms with Gasteiger partial charge in [-0.3, -0.25) is 4.79 Å². The second kappa shape index (κ2) is 5.80. The molecule has 2 fully saturated rings. The molecule has 0 aromatic rings. The minimum atomic E-state index is -0.0987. The Morgan fingerprint density at radius 1 is 1.26 bits per heavy atom. The Morgan fingerprint density at radius 2 is 1.95 bits per heavy atom. The van der Waals surface area contributed by atoms with Gasteiger partial charge >= 0.3 is 0 Å². The van der Waals surface area contributed by atoms with Gasteiger partial charge < -0.3 is 15.7 Å². The molecule has 1 amide bonds. The molecule has 4 heteroatoms. The van der Waals surface area contributed by atoms with Crippen LogP contribution in [-0.2, 0) is 4.79 Å². The highest BCUT2D eigenvalue weighted by Crippen LogP contribution is 2.37. The van der Waals surface area contributed by atoms with Crippen molar-refractivity contribution < 1.29 is 9.90 Å². The lowest BCUT2D eigenvalue weighted by Gasteiger charge is -2.39. The van der Waals surface area contributed by atoms with Crippen LogP contribution in [0.1, 0.15) is 52.4 Å². The van der Waals surface area contributed by atoms with E-state index < -0.39 is 0 Å². The SMILES string of the molecule is CC1(C)CCCNC1C(=O)NCC1(CO)CCCC1. The molecule has 1 atom stereocenters. The summed E-state index contributed by atoms with van der Waals surface area (Å²) in [5, 5.41) is 16.0. The lowest BCUT2D eigenvalue weighted by molar-refractivity contribution is -0.127. The van der Waals surface area contributed by atoms with Crippen LogP contribution in [0.4, 0.5) is 0 Å². The monoisotopic (exact) mass is 268 g/mol. The highest BCUT2D eigenvalue weighted by molar-refractivity contribution is 5.82. The van der Waals surface area contributed by atoms with Crippen LogP contribution in [0.15, 0.2) is 0 Å². The van der Waals surface area contributed by atoms with Gasteiger partial charge in [0.05, 0.1) is 12.6 Å². The first-order chi connectivity index (χ1) is 8.99. The maximum absolute atomic E-state index is 12.4. The van der Waals surface area contributed by atoms with Crippen LogP contribution < -0.4 is 10.6 Å². The fourth-order valence-corrected chi connectivity index (χ4v) is 3.55. The van der Waals surface area contributed by atoms with Crippen LogP contribution in [0, 0.1) is 10.8 Å². The van der Waals surface area contributed by atoms with Crippen molar-refractivity contribution >= 4 is 5.91 Å². The van der Waals surface area contributed by atoms with Crippen molar-refractivity contribution in [1.82, 2.24) is 10.6 Å². The molecule has 3 N–H and O–H groups in total. The van der Waals surface area contributed by atoms with Crippen LogP contribution in [0.2, 0.25) is 0 Å². The number of carbonyl (C=O) groups is 1. The van der Waals surface area contributed by atoms with Crippen molar-refractivity contribution in [3.63, 3.8) is 0 Å². The fraction of sp³-hybridized carbons (Fsp3) is 0.933. The van der Waals surface area contributed by atoms with Gasteiger partial charge in [0.2, 0.25) is 5.91 Å². The predicted octanol–water partition coefficient (Wildman–Crippen LogP) is 1.43. The summed E-state index contributed by atoms with van der Waals surface area (Å²) in [6, 6.07) is -0.0987. The molecule has 1 saturated carbocycles. The van der Waals surface area contributed by atoms with Crippen LogP contribution in [0.5, 0.6) is 0 Å². The van der Waals surface area contributed by atoms with Gasteiger partial charge in [-0.25, -0.2) is 0 Å². The van der Waals surface area contributed by atoms with Crippen molar-refractivity contribution in [1.29, 1.82) is 0 Å². The summed E-state index contributed by atoms with van der Waals surface area (Å²) in [5.74, 6) is 0.101. The summed E-state index contributed by atoms with van der Waals surface area (Å²) in [6.07, 6.45) is 6.63. The molecule has 1 saturated heterocycles. The van der Waals surface area contributed by atoms with E-state index in [4.69, 9.17) is 0 Å². The fourth-order valence-electron chi connectivity index (χ4n) is 3.55. The van der Waals surface area contributed by atoms with Crippen LogP contribution in [-0.4, -0.2) is 36.8 Å². The molecule has 19 heavy (non-hydrogen) atoms. The Bertz CT molecular complexity index is 322. The summed E-state index contributed by atoms with van der Waals surface area (Å²) in [6.45, 7) is 6.04. The molecule has 2 aliphatic rings. The van der Waals surface area contributed by atoms with Crippen molar-refractivity contribution in [2.45, 2.75) is 58.4 Å². The van der Waals surface area contributed by atoms with Crippen LogP contribution in [0.25, 0.3) is 0 Å². The number of aliphatic hydroxyl groups excluding tert-OH is 1. The van der Waals surface area contributed by atoms with Crippen LogP contribution in [0.3, 0.4) is 0 Å². The number of hydrogen-bond donors (Lipinski definition) is 3. The Morgan fingerprint density at radius 3 is 2.53 bits per heavy atom. The number of piperidine rings is 1. The van der Waals surface area contributed by atoms with E-state index >= 15 is 0 Å². The summed E-state index contributed by atoms with van der Waals surface area (Å²) in [7, 11) is 0. The summed E-state index contributed by atoms with van der Waals surface area (Å²) in [4.78, 5) is 12.4. The average Bonchev–Trinajstić information content (AvgIpc) is 2.85. The van der Waals surface area contributed by atoms with Crippen molar-refractivity contribution in [2.24, 2.45) is 10.8 Å². The third kappa shape index (κ3) is 3.29. The lowest BCUT2D eigenvalue weighted by Crippen LogP contribution is -2.56. The number of hydrogen-bond acceptors (Lipinski definition) is 3. The summed E-state index contributed by atoms with van der Waals surface area (Å²) in [5.41, 5.74) is -0.0428. The normalized spacial score (nSPS) is 29.1. The number of carbonyl (C=O) groups excluding carboxylic acids is 1. The Labute approximate surface area is 116 Å². The topological polar surface area (TPSA) is 61.4 Å². The van der Waals surface area contributed by atoms with Gasteiger partial charge in [0.15, 0.2) is 0 Å². The number of aliphatic hydroxyl groups is 1. The number of amides is 1. The van der Waals surface area contributed by atoms with E-state index in [1.807, 2.05) is 0 Å². The quantitative estimate of drug-likeness (QED) is 0.723. The van der Waals surface area contributed by atoms with Crippen molar-refractivity contribution in [3.05, 3.63) is 0 Å². The van der Waals surface area contributed by atoms with E-state index in [0.29, 0.717) is 6.54 Å². The third-order valence-electron chi connectivity index (χ3n) is 5.03. The largest absolute Gasteiger partial charge is 0.396 e. The first-order valence-corrected chi connectivity index (χ1v) is 7.61. The van der Waals surface area contributed by atoms with Gasteiger partial charge in [0.25, 0.3) is 0 Å². The summed E-state index contributed by atoms with van der Waals surface area (Å²) >= 11 is 0. The molecule has 2 rings (SSSR count). The molecule has 0 radical (unpaired) electrons. The Kier molecular flexibility index (Phi) is 4.51. The van der Waals surface area contributed by atoms with E-state index in [-0.39, 0.29) is 29.4 Å². The van der Waals surface area contributed by atoms with Gasteiger partial charge in [0, 0.05) is 12.0 Å². The van der Waals surface area contributed by atoms with E-state index in [9.17, 15) is 9.90 Å². The standard InChI is InChI=1S/C15H28N2O2/c1-14(2)6-5-9-16-12(14)13(19)17-10-15(11-18)7-3-4-8-15/h12,16,18H,3-11H2,1-2H3,(H,17,19). The van der Waals surface area contributed by atoms with Gasteiger partial charge in [-0.05, 0) is 37.6 Å². The maximum Gasteiger partial charge on any atom is 0.237 e. The highest BCUT2D eigenvalue weighted by atomic mass is 16.3. The predicted molar refractivity (Wildman–Crippen MR) is 75.8 cm³/mol. The molecular formula is C15H28N2O2. The molecular weight excluding hydrogens is 240 g/mol. The molecule has 1 unspecified atom stereocenters. The van der Waals surface area contributed by atoms with Crippen molar-refractivity contribution in [3.8, 4) is 0 Å². The van der Waals surface area contributed by atoms with Gasteiger partial charge in [-0.1, -0.05) is 26.7 Å².